The zero-order chi connectivity index (χ0) is 28.9. The zero-order valence-electron chi connectivity index (χ0n) is 21.9. The molecular formula is C28H26ClF4N7. The molecule has 2 N–H and O–H groups in total. The van der Waals surface area contributed by atoms with Gasteiger partial charge in [0.05, 0.1) is 23.5 Å². The highest BCUT2D eigenvalue weighted by Crippen LogP contribution is 2.55. The van der Waals surface area contributed by atoms with Crippen molar-refractivity contribution in [1.82, 2.24) is 20.0 Å². The standard InChI is InChI=1S/C28H26ClF4N7/c1-26(2,3)15-36-23-16(12-34)13-35-24-19(23)10-17(11-21(24)30)37-25(18-6-4-5-7-20(18)29)22-14-40(39-38-22)27(8-9-27)28(31,32)33/h4-7,10-11,13-14,25,37H,8-9,15H2,1-3H3,(H,35,36)/t25-/m0/s1. The number of nitrogens with zero attached hydrogens (tertiary/aromatic N) is 5. The molecule has 0 bridgehead atoms. The Morgan fingerprint density at radius 3 is 2.52 bits per heavy atom. The van der Waals surface area contributed by atoms with Gasteiger partial charge in [-0.2, -0.15) is 18.4 Å². The average Bonchev–Trinajstić information content (AvgIpc) is 3.57. The Labute approximate surface area is 233 Å². The Morgan fingerprint density at radius 2 is 1.90 bits per heavy atom. The van der Waals surface area contributed by atoms with Crippen molar-refractivity contribution in [2.45, 2.75) is 51.4 Å². The highest BCUT2D eigenvalue weighted by atomic mass is 35.5. The number of benzene rings is 2. The molecule has 5 rings (SSSR count). The van der Waals surface area contributed by atoms with Crippen LogP contribution < -0.4 is 10.6 Å². The van der Waals surface area contributed by atoms with Crippen LogP contribution in [0.5, 0.6) is 0 Å². The molecule has 2 aromatic carbocycles. The first-order chi connectivity index (χ1) is 18.8. The molecular weight excluding hydrogens is 546 g/mol. The minimum atomic E-state index is -4.48. The molecule has 4 aromatic rings. The number of anilines is 2. The van der Waals surface area contributed by atoms with Gasteiger partial charge in [0.2, 0.25) is 0 Å². The lowest BCUT2D eigenvalue weighted by Gasteiger charge is -2.22. The number of alkyl halides is 3. The molecule has 0 amide bonds. The summed E-state index contributed by atoms with van der Waals surface area (Å²) in [6.45, 7) is 6.57. The molecule has 1 aliphatic carbocycles. The Bertz CT molecular complexity index is 1610. The molecule has 2 aromatic heterocycles. The quantitative estimate of drug-likeness (QED) is 0.228. The fraction of sp³-hybridized carbons (Fsp3) is 0.357. The van der Waals surface area contributed by atoms with Crippen LogP contribution in [0, 0.1) is 22.6 Å². The minimum Gasteiger partial charge on any atom is -0.383 e. The second-order valence-corrected chi connectivity index (χ2v) is 11.6. The molecule has 1 saturated carbocycles. The highest BCUT2D eigenvalue weighted by Gasteiger charge is 2.66. The summed E-state index contributed by atoms with van der Waals surface area (Å²) in [6, 6.07) is 10.9. The average molecular weight is 572 g/mol. The summed E-state index contributed by atoms with van der Waals surface area (Å²) in [5, 5.41) is 24.7. The van der Waals surface area contributed by atoms with Gasteiger partial charge in [-0.1, -0.05) is 55.8 Å². The molecule has 40 heavy (non-hydrogen) atoms. The summed E-state index contributed by atoms with van der Waals surface area (Å²) in [7, 11) is 0. The van der Waals surface area contributed by atoms with Crippen molar-refractivity contribution < 1.29 is 17.6 Å². The maximum atomic E-state index is 15.4. The van der Waals surface area contributed by atoms with Crippen molar-refractivity contribution in [3.63, 3.8) is 0 Å². The molecule has 1 atom stereocenters. The largest absolute Gasteiger partial charge is 0.413 e. The third kappa shape index (κ3) is 5.16. The Morgan fingerprint density at radius 1 is 1.18 bits per heavy atom. The normalized spacial score (nSPS) is 15.5. The van der Waals surface area contributed by atoms with E-state index in [-0.39, 0.29) is 40.7 Å². The number of pyridine rings is 1. The molecule has 12 heteroatoms. The van der Waals surface area contributed by atoms with E-state index in [4.69, 9.17) is 11.6 Å². The topological polar surface area (TPSA) is 91.5 Å². The first-order valence-electron chi connectivity index (χ1n) is 12.6. The van der Waals surface area contributed by atoms with Gasteiger partial charge in [0.15, 0.2) is 11.4 Å². The summed E-state index contributed by atoms with van der Waals surface area (Å²) in [6.07, 6.45) is -2.07. The molecule has 1 aliphatic rings. The van der Waals surface area contributed by atoms with E-state index in [0.29, 0.717) is 28.2 Å². The minimum absolute atomic E-state index is 0.0713. The highest BCUT2D eigenvalue weighted by molar-refractivity contribution is 6.31. The van der Waals surface area contributed by atoms with Crippen LogP contribution in [-0.4, -0.2) is 32.7 Å². The van der Waals surface area contributed by atoms with Crippen LogP contribution in [0.3, 0.4) is 0 Å². The number of aromatic nitrogens is 4. The van der Waals surface area contributed by atoms with Crippen LogP contribution in [0.2, 0.25) is 5.02 Å². The molecule has 0 saturated heterocycles. The van der Waals surface area contributed by atoms with Crippen molar-refractivity contribution in [1.29, 1.82) is 5.26 Å². The summed E-state index contributed by atoms with van der Waals surface area (Å²) < 4.78 is 57.5. The summed E-state index contributed by atoms with van der Waals surface area (Å²) in [5.41, 5.74) is -0.466. The fourth-order valence-corrected chi connectivity index (χ4v) is 4.78. The van der Waals surface area contributed by atoms with Crippen molar-refractivity contribution in [2.24, 2.45) is 5.41 Å². The molecule has 0 aliphatic heterocycles. The van der Waals surface area contributed by atoms with E-state index in [1.807, 2.05) is 20.8 Å². The van der Waals surface area contributed by atoms with Gasteiger partial charge in [-0.25, -0.2) is 9.07 Å². The van der Waals surface area contributed by atoms with Gasteiger partial charge in [0, 0.05) is 28.8 Å². The predicted molar refractivity (Wildman–Crippen MR) is 145 cm³/mol. The smallest absolute Gasteiger partial charge is 0.383 e. The second kappa shape index (κ2) is 9.93. The van der Waals surface area contributed by atoms with E-state index in [1.54, 1.807) is 30.3 Å². The molecule has 0 unspecified atom stereocenters. The van der Waals surface area contributed by atoms with Crippen molar-refractivity contribution in [2.75, 3.05) is 17.2 Å². The van der Waals surface area contributed by atoms with E-state index in [9.17, 15) is 18.4 Å². The Kier molecular flexibility index (Phi) is 6.86. The maximum Gasteiger partial charge on any atom is 0.413 e. The van der Waals surface area contributed by atoms with Crippen LogP contribution in [0.15, 0.2) is 48.8 Å². The SMILES string of the molecule is CC(C)(C)CNc1c(C#N)cnc2c(F)cc(N[C@H](c3cn(C4(C(F)(F)F)CC4)nn3)c3ccccc3Cl)cc12. The lowest BCUT2D eigenvalue weighted by atomic mass is 9.96. The maximum absolute atomic E-state index is 15.4. The molecule has 1 fully saturated rings. The van der Waals surface area contributed by atoms with Crippen molar-refractivity contribution in [3.05, 3.63) is 76.5 Å². The Balaban J connectivity index is 1.60. The molecule has 2 heterocycles. The number of hydrogen-bond acceptors (Lipinski definition) is 6. The zero-order valence-corrected chi connectivity index (χ0v) is 22.7. The number of halogens is 5. The van der Waals surface area contributed by atoms with Gasteiger partial charge in [0.25, 0.3) is 0 Å². The molecule has 208 valence electrons. The van der Waals surface area contributed by atoms with E-state index >= 15 is 4.39 Å². The van der Waals surface area contributed by atoms with Crippen molar-refractivity contribution in [3.8, 4) is 6.07 Å². The van der Waals surface area contributed by atoms with Gasteiger partial charge in [-0.15, -0.1) is 5.10 Å². The third-order valence-electron chi connectivity index (χ3n) is 6.86. The van der Waals surface area contributed by atoms with Crippen LogP contribution in [0.1, 0.15) is 56.5 Å². The lowest BCUT2D eigenvalue weighted by molar-refractivity contribution is -0.182. The summed E-state index contributed by atoms with van der Waals surface area (Å²) >= 11 is 6.49. The summed E-state index contributed by atoms with van der Waals surface area (Å²) in [4.78, 5) is 4.15. The van der Waals surface area contributed by atoms with Crippen LogP contribution in [0.25, 0.3) is 10.9 Å². The van der Waals surface area contributed by atoms with E-state index in [2.05, 4.69) is 32.0 Å². The molecule has 0 radical (unpaired) electrons. The first-order valence-corrected chi connectivity index (χ1v) is 13.0. The number of fused-ring (bicyclic) bond motifs is 1. The number of nitriles is 1. The number of nitrogens with one attached hydrogen (secondary N) is 2. The van der Waals surface area contributed by atoms with E-state index < -0.39 is 23.6 Å². The lowest BCUT2D eigenvalue weighted by Crippen LogP contribution is -2.35. The monoisotopic (exact) mass is 571 g/mol. The fourth-order valence-electron chi connectivity index (χ4n) is 4.54. The Hall–Kier alpha value is -3.91. The molecule has 0 spiro atoms. The van der Waals surface area contributed by atoms with E-state index in [0.717, 1.165) is 4.68 Å². The number of rotatable bonds is 7. The van der Waals surface area contributed by atoms with Crippen LogP contribution in [0.4, 0.5) is 28.9 Å². The van der Waals surface area contributed by atoms with Crippen LogP contribution >= 0.6 is 11.6 Å². The van der Waals surface area contributed by atoms with Crippen LogP contribution in [-0.2, 0) is 5.54 Å². The van der Waals surface area contributed by atoms with Gasteiger partial charge >= 0.3 is 6.18 Å². The first kappa shape index (κ1) is 27.6. The second-order valence-electron chi connectivity index (χ2n) is 11.1. The van der Waals surface area contributed by atoms with Gasteiger partial charge < -0.3 is 10.6 Å². The molecule has 7 nitrogen and oxygen atoms in total. The van der Waals surface area contributed by atoms with Gasteiger partial charge in [0.1, 0.15) is 17.3 Å². The van der Waals surface area contributed by atoms with E-state index in [1.165, 1.54) is 18.5 Å². The summed E-state index contributed by atoms with van der Waals surface area (Å²) in [5.74, 6) is -0.640. The van der Waals surface area contributed by atoms with Crippen molar-refractivity contribution >= 4 is 33.9 Å². The van der Waals surface area contributed by atoms with Gasteiger partial charge in [-0.3, -0.25) is 4.98 Å². The van der Waals surface area contributed by atoms with Gasteiger partial charge in [-0.05, 0) is 42.0 Å². The number of hydrogen-bond donors (Lipinski definition) is 2. The third-order valence-corrected chi connectivity index (χ3v) is 7.21. The predicted octanol–water partition coefficient (Wildman–Crippen LogP) is 7.20.